The quantitative estimate of drug-likeness (QED) is 0.629. The van der Waals surface area contributed by atoms with Crippen LogP contribution in [0, 0.1) is 0 Å². The van der Waals surface area contributed by atoms with E-state index in [9.17, 15) is 14.4 Å². The molecule has 1 rings (SSSR count). The van der Waals surface area contributed by atoms with Gasteiger partial charge in [0.2, 0.25) is 5.91 Å². The highest BCUT2D eigenvalue weighted by atomic mass is 16.5. The van der Waals surface area contributed by atoms with Crippen molar-refractivity contribution in [1.29, 1.82) is 0 Å². The number of rotatable bonds is 6. The third-order valence-corrected chi connectivity index (χ3v) is 3.22. The van der Waals surface area contributed by atoms with Gasteiger partial charge in [-0.1, -0.05) is 13.3 Å². The van der Waals surface area contributed by atoms with Crippen LogP contribution in [0.1, 0.15) is 26.7 Å². The molecule has 8 heteroatoms. The molecular formula is C13H23N3O5. The first-order valence-electron chi connectivity index (χ1n) is 7.12. The molecule has 0 aromatic rings. The molecule has 1 heterocycles. The second-order valence-corrected chi connectivity index (χ2v) is 4.96. The zero-order valence-corrected chi connectivity index (χ0v) is 12.4. The first-order chi connectivity index (χ1) is 9.95. The van der Waals surface area contributed by atoms with Gasteiger partial charge in [0.15, 0.2) is 0 Å². The molecule has 8 nitrogen and oxygen atoms in total. The molecule has 1 fully saturated rings. The molecule has 3 N–H and O–H groups in total. The number of carboxylic acids is 1. The van der Waals surface area contributed by atoms with Gasteiger partial charge in [-0.15, -0.1) is 0 Å². The Kier molecular flexibility index (Phi) is 6.93. The van der Waals surface area contributed by atoms with Gasteiger partial charge in [-0.3, -0.25) is 4.79 Å². The Morgan fingerprint density at radius 1 is 1.24 bits per heavy atom. The monoisotopic (exact) mass is 301 g/mol. The van der Waals surface area contributed by atoms with Crippen molar-refractivity contribution >= 4 is 17.9 Å². The number of amides is 3. The summed E-state index contributed by atoms with van der Waals surface area (Å²) in [6.07, 6.45) is 0.980. The number of nitrogens with zero attached hydrogens (tertiary/aromatic N) is 1. The number of carbonyl (C=O) groups excluding carboxylic acids is 2. The highest BCUT2D eigenvalue weighted by Gasteiger charge is 2.25. The maximum Gasteiger partial charge on any atom is 0.326 e. The molecule has 1 aliphatic rings. The summed E-state index contributed by atoms with van der Waals surface area (Å²) in [6, 6.07) is -2.30. The molecule has 0 aliphatic carbocycles. The first kappa shape index (κ1) is 17.2. The Balaban J connectivity index is 2.45. The lowest BCUT2D eigenvalue weighted by molar-refractivity contribution is -0.139. The maximum absolute atomic E-state index is 12.1. The lowest BCUT2D eigenvalue weighted by Gasteiger charge is -2.29. The minimum atomic E-state index is -1.08. The number of carboxylic acid groups (broad SMARTS) is 1. The number of carbonyl (C=O) groups is 3. The summed E-state index contributed by atoms with van der Waals surface area (Å²) >= 11 is 0. The van der Waals surface area contributed by atoms with Crippen molar-refractivity contribution in [3.8, 4) is 0 Å². The van der Waals surface area contributed by atoms with Crippen molar-refractivity contribution in [3.05, 3.63) is 0 Å². The molecule has 1 aliphatic heterocycles. The van der Waals surface area contributed by atoms with Gasteiger partial charge in [-0.2, -0.15) is 0 Å². The Bertz CT molecular complexity index is 382. The summed E-state index contributed by atoms with van der Waals surface area (Å²) < 4.78 is 5.16. The van der Waals surface area contributed by atoms with Crippen LogP contribution in [-0.2, 0) is 14.3 Å². The van der Waals surface area contributed by atoms with Crippen molar-refractivity contribution < 1.29 is 24.2 Å². The molecule has 1 saturated heterocycles. The Labute approximate surface area is 123 Å². The van der Waals surface area contributed by atoms with E-state index in [0.29, 0.717) is 39.1 Å². The van der Waals surface area contributed by atoms with Crippen LogP contribution in [0.25, 0.3) is 0 Å². The largest absolute Gasteiger partial charge is 0.480 e. The van der Waals surface area contributed by atoms with Crippen LogP contribution in [0.3, 0.4) is 0 Å². The molecule has 21 heavy (non-hydrogen) atoms. The molecule has 2 atom stereocenters. The molecule has 0 saturated carbocycles. The average molecular weight is 301 g/mol. The Hall–Kier alpha value is -1.83. The zero-order chi connectivity index (χ0) is 15.8. The molecule has 3 amide bonds. The molecule has 0 radical (unpaired) electrons. The van der Waals surface area contributed by atoms with E-state index in [1.165, 1.54) is 0 Å². The highest BCUT2D eigenvalue weighted by Crippen LogP contribution is 2.01. The number of hydrogen-bond acceptors (Lipinski definition) is 4. The first-order valence-corrected chi connectivity index (χ1v) is 7.12. The summed E-state index contributed by atoms with van der Waals surface area (Å²) in [5, 5.41) is 13.8. The van der Waals surface area contributed by atoms with Gasteiger partial charge in [0.25, 0.3) is 0 Å². The minimum absolute atomic E-state index is 0.198. The van der Waals surface area contributed by atoms with E-state index in [4.69, 9.17) is 9.84 Å². The van der Waals surface area contributed by atoms with Crippen molar-refractivity contribution in [2.45, 2.75) is 38.8 Å². The fourth-order valence-corrected chi connectivity index (χ4v) is 2.06. The van der Waals surface area contributed by atoms with Gasteiger partial charge in [0, 0.05) is 13.1 Å². The van der Waals surface area contributed by atoms with E-state index >= 15 is 0 Å². The second kappa shape index (κ2) is 8.46. The summed E-state index contributed by atoms with van der Waals surface area (Å²) in [7, 11) is 0. The second-order valence-electron chi connectivity index (χ2n) is 4.96. The van der Waals surface area contributed by atoms with Crippen LogP contribution < -0.4 is 10.6 Å². The average Bonchev–Trinajstić information content (AvgIpc) is 2.46. The predicted octanol–water partition coefficient (Wildman–Crippen LogP) is -0.214. The standard InChI is InChI=1S/C13H23N3O5/c1-3-4-10(12(18)19)15-13(20)14-9(2)11(17)16-5-7-21-8-6-16/h9-10H,3-8H2,1-2H3,(H,18,19)(H2,14,15,20)/t9?,10-/m1/s1. The third kappa shape index (κ3) is 5.58. The van der Waals surface area contributed by atoms with E-state index in [0.717, 1.165) is 0 Å². The number of ether oxygens (including phenoxy) is 1. The number of nitrogens with one attached hydrogen (secondary N) is 2. The zero-order valence-electron chi connectivity index (χ0n) is 12.4. The van der Waals surface area contributed by atoms with Gasteiger partial charge in [-0.05, 0) is 13.3 Å². The molecular weight excluding hydrogens is 278 g/mol. The lowest BCUT2D eigenvalue weighted by Crippen LogP contribution is -2.54. The van der Waals surface area contributed by atoms with Crippen molar-refractivity contribution in [1.82, 2.24) is 15.5 Å². The highest BCUT2D eigenvalue weighted by molar-refractivity contribution is 5.88. The summed E-state index contributed by atoms with van der Waals surface area (Å²) in [6.45, 7) is 5.39. The van der Waals surface area contributed by atoms with Crippen LogP contribution >= 0.6 is 0 Å². The number of urea groups is 1. The van der Waals surface area contributed by atoms with Crippen molar-refractivity contribution in [3.63, 3.8) is 0 Å². The van der Waals surface area contributed by atoms with Gasteiger partial charge >= 0.3 is 12.0 Å². The maximum atomic E-state index is 12.1. The Morgan fingerprint density at radius 3 is 2.38 bits per heavy atom. The van der Waals surface area contributed by atoms with Crippen LogP contribution in [0.15, 0.2) is 0 Å². The van der Waals surface area contributed by atoms with Crippen LogP contribution in [-0.4, -0.2) is 66.3 Å². The fraction of sp³-hybridized carbons (Fsp3) is 0.769. The molecule has 0 aromatic heterocycles. The number of aliphatic carboxylic acids is 1. The van der Waals surface area contributed by atoms with Crippen molar-refractivity contribution in [2.75, 3.05) is 26.3 Å². The van der Waals surface area contributed by atoms with E-state index in [1.807, 2.05) is 6.92 Å². The van der Waals surface area contributed by atoms with Crippen molar-refractivity contribution in [2.24, 2.45) is 0 Å². The van der Waals surface area contributed by atoms with Crippen LogP contribution in [0.4, 0.5) is 4.79 Å². The van der Waals surface area contributed by atoms with E-state index in [2.05, 4.69) is 10.6 Å². The molecule has 0 bridgehead atoms. The molecule has 120 valence electrons. The summed E-state index contributed by atoms with van der Waals surface area (Å²) in [5.74, 6) is -1.28. The topological polar surface area (TPSA) is 108 Å². The van der Waals surface area contributed by atoms with Gasteiger partial charge < -0.3 is 25.4 Å². The summed E-state index contributed by atoms with van der Waals surface area (Å²) in [4.78, 5) is 36.4. The predicted molar refractivity (Wildman–Crippen MR) is 74.9 cm³/mol. The van der Waals surface area contributed by atoms with E-state index in [1.54, 1.807) is 11.8 Å². The minimum Gasteiger partial charge on any atom is -0.480 e. The van der Waals surface area contributed by atoms with E-state index < -0.39 is 24.1 Å². The number of hydrogen-bond donors (Lipinski definition) is 3. The van der Waals surface area contributed by atoms with Crippen LogP contribution in [0.5, 0.6) is 0 Å². The number of morpholine rings is 1. The third-order valence-electron chi connectivity index (χ3n) is 3.22. The van der Waals surface area contributed by atoms with E-state index in [-0.39, 0.29) is 5.91 Å². The Morgan fingerprint density at radius 2 is 1.86 bits per heavy atom. The normalized spacial score (nSPS) is 17.7. The SMILES string of the molecule is CCC[C@@H](NC(=O)NC(C)C(=O)N1CCOCC1)C(=O)O. The molecule has 0 aromatic carbocycles. The van der Waals surface area contributed by atoms with Gasteiger partial charge in [-0.25, -0.2) is 9.59 Å². The molecule has 0 spiro atoms. The van der Waals surface area contributed by atoms with Gasteiger partial charge in [0.05, 0.1) is 13.2 Å². The lowest BCUT2D eigenvalue weighted by atomic mass is 10.2. The fourth-order valence-electron chi connectivity index (χ4n) is 2.06. The summed E-state index contributed by atoms with van der Waals surface area (Å²) in [5.41, 5.74) is 0. The van der Waals surface area contributed by atoms with Gasteiger partial charge in [0.1, 0.15) is 12.1 Å². The smallest absolute Gasteiger partial charge is 0.326 e. The molecule has 1 unspecified atom stereocenters. The van der Waals surface area contributed by atoms with Crippen LogP contribution in [0.2, 0.25) is 0 Å².